The topological polar surface area (TPSA) is 141 Å². The zero-order valence-electron chi connectivity index (χ0n) is 16.8. The summed E-state index contributed by atoms with van der Waals surface area (Å²) in [6, 6.07) is 12.3. The summed E-state index contributed by atoms with van der Waals surface area (Å²) in [7, 11) is 0. The lowest BCUT2D eigenvalue weighted by molar-refractivity contribution is 0.101. The monoisotopic (exact) mass is 442 g/mol. The smallest absolute Gasteiger partial charge is 0.276 e. The number of rotatable bonds is 5. The van der Waals surface area contributed by atoms with Gasteiger partial charge < -0.3 is 9.97 Å². The number of carbonyl (C=O) groups excluding carboxylic acids is 2. The Morgan fingerprint density at radius 2 is 1.73 bits per heavy atom. The highest BCUT2D eigenvalue weighted by atomic mass is 19.1. The summed E-state index contributed by atoms with van der Waals surface area (Å²) in [6.07, 6.45) is 4.36. The maximum atomic E-state index is 13.2. The highest BCUT2D eigenvalue weighted by molar-refractivity contribution is 6.11. The van der Waals surface area contributed by atoms with Gasteiger partial charge in [-0.05, 0) is 42.5 Å². The molecule has 0 aliphatic carbocycles. The molecule has 11 heteroatoms. The number of para-hydroxylation sites is 1. The highest BCUT2D eigenvalue weighted by Crippen LogP contribution is 2.21. The number of imidazole rings is 2. The van der Waals surface area contributed by atoms with Crippen LogP contribution in [0.4, 0.5) is 16.3 Å². The Balaban J connectivity index is 1.38. The number of aromatic amines is 2. The van der Waals surface area contributed by atoms with Crippen LogP contribution in [-0.4, -0.2) is 41.7 Å². The van der Waals surface area contributed by atoms with Gasteiger partial charge in [0.1, 0.15) is 23.4 Å². The molecular formula is C22H15FN8O2. The van der Waals surface area contributed by atoms with Crippen molar-refractivity contribution in [3.8, 4) is 11.3 Å². The first-order chi connectivity index (χ1) is 16.1. The second-order valence-corrected chi connectivity index (χ2v) is 6.93. The summed E-state index contributed by atoms with van der Waals surface area (Å²) in [5, 5.41) is 5.29. The van der Waals surface area contributed by atoms with Gasteiger partial charge in [0.2, 0.25) is 11.9 Å². The number of anilines is 2. The average molecular weight is 442 g/mol. The van der Waals surface area contributed by atoms with Gasteiger partial charge in [-0.1, -0.05) is 6.07 Å². The Hall–Kier alpha value is -4.93. The van der Waals surface area contributed by atoms with Crippen molar-refractivity contribution in [1.29, 1.82) is 0 Å². The molecular weight excluding hydrogens is 427 g/mol. The molecule has 3 aromatic heterocycles. The quantitative estimate of drug-likeness (QED) is 0.329. The Bertz CT molecular complexity index is 1460. The van der Waals surface area contributed by atoms with Crippen LogP contribution >= 0.6 is 0 Å². The molecule has 5 rings (SSSR count). The third kappa shape index (κ3) is 4.14. The van der Waals surface area contributed by atoms with Crippen molar-refractivity contribution in [3.63, 3.8) is 0 Å². The van der Waals surface area contributed by atoms with Gasteiger partial charge in [0, 0.05) is 18.0 Å². The van der Waals surface area contributed by atoms with Crippen LogP contribution in [0.2, 0.25) is 0 Å². The first-order valence-corrected chi connectivity index (χ1v) is 9.75. The molecule has 0 spiro atoms. The van der Waals surface area contributed by atoms with E-state index in [4.69, 9.17) is 0 Å². The van der Waals surface area contributed by atoms with E-state index in [2.05, 4.69) is 40.5 Å². The van der Waals surface area contributed by atoms with E-state index < -0.39 is 11.8 Å². The average Bonchev–Trinajstić information content (AvgIpc) is 3.48. The van der Waals surface area contributed by atoms with Crippen molar-refractivity contribution in [2.45, 2.75) is 0 Å². The summed E-state index contributed by atoms with van der Waals surface area (Å²) in [4.78, 5) is 47.6. The molecule has 2 aromatic carbocycles. The lowest BCUT2D eigenvalue weighted by atomic mass is 10.1. The van der Waals surface area contributed by atoms with Crippen LogP contribution in [0.25, 0.3) is 22.3 Å². The van der Waals surface area contributed by atoms with E-state index in [1.807, 2.05) is 0 Å². The van der Waals surface area contributed by atoms with Crippen LogP contribution in [0.15, 0.2) is 67.3 Å². The van der Waals surface area contributed by atoms with E-state index >= 15 is 0 Å². The zero-order chi connectivity index (χ0) is 22.8. The number of H-pyrrole nitrogens is 2. The Morgan fingerprint density at radius 3 is 2.52 bits per heavy atom. The lowest BCUT2D eigenvalue weighted by Crippen LogP contribution is -2.15. The third-order valence-electron chi connectivity index (χ3n) is 4.76. The van der Waals surface area contributed by atoms with Gasteiger partial charge in [-0.2, -0.15) is 0 Å². The van der Waals surface area contributed by atoms with Crippen LogP contribution in [0.5, 0.6) is 0 Å². The van der Waals surface area contributed by atoms with Crippen molar-refractivity contribution >= 4 is 34.7 Å². The maximum absolute atomic E-state index is 13.2. The van der Waals surface area contributed by atoms with Crippen LogP contribution in [0.1, 0.15) is 20.8 Å². The number of hydrogen-bond donors (Lipinski definition) is 4. The van der Waals surface area contributed by atoms with Crippen molar-refractivity contribution in [1.82, 2.24) is 29.9 Å². The molecule has 0 bridgehead atoms. The van der Waals surface area contributed by atoms with Gasteiger partial charge in [-0.25, -0.2) is 24.3 Å². The zero-order valence-corrected chi connectivity index (χ0v) is 16.8. The summed E-state index contributed by atoms with van der Waals surface area (Å²) in [5.74, 6) is -0.842. The Labute approximate surface area is 185 Å². The second-order valence-electron chi connectivity index (χ2n) is 6.93. The number of benzene rings is 2. The minimum absolute atomic E-state index is 0.0977. The van der Waals surface area contributed by atoms with Crippen LogP contribution in [-0.2, 0) is 0 Å². The minimum Gasteiger partial charge on any atom is -0.331 e. The number of hydrogen-bond acceptors (Lipinski definition) is 6. The van der Waals surface area contributed by atoms with E-state index in [0.717, 1.165) is 0 Å². The van der Waals surface area contributed by atoms with E-state index in [-0.39, 0.29) is 17.5 Å². The normalized spacial score (nSPS) is 10.8. The first kappa shape index (κ1) is 20.0. The number of amides is 2. The van der Waals surface area contributed by atoms with Crippen molar-refractivity contribution in [2.24, 2.45) is 0 Å². The molecule has 0 fully saturated rings. The molecule has 2 amide bonds. The van der Waals surface area contributed by atoms with Crippen molar-refractivity contribution < 1.29 is 14.0 Å². The second kappa shape index (κ2) is 8.30. The maximum Gasteiger partial charge on any atom is 0.276 e. The fraction of sp³-hybridized carbons (Fsp3) is 0. The summed E-state index contributed by atoms with van der Waals surface area (Å²) in [6.45, 7) is 0. The van der Waals surface area contributed by atoms with Crippen LogP contribution < -0.4 is 10.6 Å². The SMILES string of the molecule is O=C(Nc1nc2c(C(=O)Nc3ncc[nH]3)cccc2[nH]1)c1cc(-c2ccc(F)cc2)ncn1. The number of nitrogens with one attached hydrogen (secondary N) is 4. The number of aromatic nitrogens is 6. The van der Waals surface area contributed by atoms with E-state index in [9.17, 15) is 14.0 Å². The summed E-state index contributed by atoms with van der Waals surface area (Å²) in [5.41, 5.74) is 2.46. The van der Waals surface area contributed by atoms with Gasteiger partial charge in [-0.15, -0.1) is 0 Å². The van der Waals surface area contributed by atoms with Gasteiger partial charge in [0.25, 0.3) is 11.8 Å². The number of carbonyl (C=O) groups is 2. The van der Waals surface area contributed by atoms with E-state index in [1.165, 1.54) is 30.7 Å². The van der Waals surface area contributed by atoms with Gasteiger partial charge in [-0.3, -0.25) is 20.2 Å². The number of nitrogens with zero attached hydrogens (tertiary/aromatic N) is 4. The third-order valence-corrected chi connectivity index (χ3v) is 4.76. The molecule has 0 aliphatic rings. The molecule has 4 N–H and O–H groups in total. The summed E-state index contributed by atoms with van der Waals surface area (Å²) < 4.78 is 13.2. The van der Waals surface area contributed by atoms with Gasteiger partial charge >= 0.3 is 0 Å². The fourth-order valence-electron chi connectivity index (χ4n) is 3.21. The summed E-state index contributed by atoms with van der Waals surface area (Å²) >= 11 is 0. The predicted octanol–water partition coefficient (Wildman–Crippen LogP) is 3.39. The molecule has 0 unspecified atom stereocenters. The number of halogens is 1. The van der Waals surface area contributed by atoms with Crippen molar-refractivity contribution in [3.05, 3.63) is 84.3 Å². The Kier molecular flexibility index (Phi) is 5.03. The number of fused-ring (bicyclic) bond motifs is 1. The lowest BCUT2D eigenvalue weighted by Gasteiger charge is -2.04. The van der Waals surface area contributed by atoms with Crippen LogP contribution in [0, 0.1) is 5.82 Å². The first-order valence-electron chi connectivity index (χ1n) is 9.75. The predicted molar refractivity (Wildman–Crippen MR) is 118 cm³/mol. The molecule has 162 valence electrons. The van der Waals surface area contributed by atoms with Gasteiger partial charge in [0.15, 0.2) is 0 Å². The fourth-order valence-corrected chi connectivity index (χ4v) is 3.21. The molecule has 10 nitrogen and oxygen atoms in total. The molecule has 0 aliphatic heterocycles. The molecule has 33 heavy (non-hydrogen) atoms. The minimum atomic E-state index is -0.526. The molecule has 5 aromatic rings. The highest BCUT2D eigenvalue weighted by Gasteiger charge is 2.17. The molecule has 0 saturated carbocycles. The standard InChI is InChI=1S/C22H15FN8O2/c23-13-6-4-12(5-7-13)16-10-17(27-11-26-16)20(33)31-22-28-15-3-1-2-14(18(15)29-22)19(32)30-21-24-8-9-25-21/h1-11H,(H2,24,25,30,32)(H2,28,29,31,33). The van der Waals surface area contributed by atoms with Crippen molar-refractivity contribution in [2.75, 3.05) is 10.6 Å². The van der Waals surface area contributed by atoms with E-state index in [0.29, 0.717) is 33.8 Å². The largest absolute Gasteiger partial charge is 0.331 e. The van der Waals surface area contributed by atoms with Crippen LogP contribution in [0.3, 0.4) is 0 Å². The Morgan fingerprint density at radius 1 is 0.909 bits per heavy atom. The van der Waals surface area contributed by atoms with Gasteiger partial charge in [0.05, 0.1) is 16.8 Å². The molecule has 0 saturated heterocycles. The molecule has 3 heterocycles. The molecule has 0 atom stereocenters. The van der Waals surface area contributed by atoms with E-state index in [1.54, 1.807) is 36.5 Å². The molecule has 0 radical (unpaired) electrons.